The van der Waals surface area contributed by atoms with Crippen molar-refractivity contribution in [3.63, 3.8) is 0 Å². The summed E-state index contributed by atoms with van der Waals surface area (Å²) < 4.78 is 27.3. The van der Waals surface area contributed by atoms with Crippen LogP contribution < -0.4 is 0 Å². The summed E-state index contributed by atoms with van der Waals surface area (Å²) in [6, 6.07) is 0. The third-order valence-electron chi connectivity index (χ3n) is 0.794. The molecule has 7 heavy (non-hydrogen) atoms. The zero-order valence-corrected chi connectivity index (χ0v) is 3.66. The lowest BCUT2D eigenvalue weighted by molar-refractivity contribution is -0.184. The number of alkyl halides is 2. The van der Waals surface area contributed by atoms with E-state index in [4.69, 9.17) is 0 Å². The third kappa shape index (κ3) is 1.09. The maximum Gasteiger partial charge on any atom is 0.359 e. The van der Waals surface area contributed by atoms with Gasteiger partial charge in [0, 0.05) is 0 Å². The van der Waals surface area contributed by atoms with E-state index in [2.05, 4.69) is 4.74 Å². The number of ether oxygens (including phenoxy) is 1. The van der Waals surface area contributed by atoms with E-state index >= 15 is 0 Å². The van der Waals surface area contributed by atoms with Gasteiger partial charge in [0.25, 0.3) is 0 Å². The largest absolute Gasteiger partial charge is 0.359 e. The van der Waals surface area contributed by atoms with Crippen molar-refractivity contribution in [1.29, 1.82) is 0 Å². The summed E-state index contributed by atoms with van der Waals surface area (Å²) in [4.78, 5) is 0. The summed E-state index contributed by atoms with van der Waals surface area (Å²) in [5.74, 6) is 0. The van der Waals surface area contributed by atoms with E-state index in [1.165, 1.54) is 0 Å². The first-order valence-corrected chi connectivity index (χ1v) is 2.07. The molecule has 0 aromatic heterocycles. The Morgan fingerprint density at radius 1 is 1.57 bits per heavy atom. The Labute approximate surface area is 40.3 Å². The van der Waals surface area contributed by atoms with Gasteiger partial charge in [-0.25, -0.2) is 0 Å². The molecular formula is C4H5F2O. The van der Waals surface area contributed by atoms with Crippen molar-refractivity contribution in [2.75, 3.05) is 6.61 Å². The molecule has 0 aromatic rings. The van der Waals surface area contributed by atoms with Crippen LogP contribution in [0.2, 0.25) is 0 Å². The number of rotatable bonds is 0. The molecule has 1 fully saturated rings. The molecule has 41 valence electrons. The van der Waals surface area contributed by atoms with E-state index in [1.807, 2.05) is 0 Å². The Kier molecular flexibility index (Phi) is 0.995. The van der Waals surface area contributed by atoms with Crippen LogP contribution in [-0.4, -0.2) is 12.7 Å². The van der Waals surface area contributed by atoms with Crippen LogP contribution in [0.5, 0.6) is 0 Å². The fourth-order valence-corrected chi connectivity index (χ4v) is 0.481. The summed E-state index contributed by atoms with van der Waals surface area (Å²) in [6.45, 7) is 0.160. The minimum atomic E-state index is -2.93. The smallest absolute Gasteiger partial charge is 0.320 e. The Bertz CT molecular complexity index is 64.1. The molecule has 0 bridgehead atoms. The average Bonchev–Trinajstić information content (AvgIpc) is 1.84. The molecule has 3 heteroatoms. The van der Waals surface area contributed by atoms with Gasteiger partial charge in [-0.1, -0.05) is 0 Å². The molecule has 1 aliphatic rings. The highest BCUT2D eigenvalue weighted by Crippen LogP contribution is 2.26. The molecule has 0 unspecified atom stereocenters. The number of hydrogen-bond acceptors (Lipinski definition) is 1. The summed E-state index contributed by atoms with van der Waals surface area (Å²) in [5.41, 5.74) is 0. The maximum absolute atomic E-state index is 11.7. The maximum atomic E-state index is 11.7. The summed E-state index contributed by atoms with van der Waals surface area (Å²) in [5, 5.41) is 0. The third-order valence-corrected chi connectivity index (χ3v) is 0.794. The lowest BCUT2D eigenvalue weighted by Gasteiger charge is -2.02. The van der Waals surface area contributed by atoms with E-state index in [0.29, 0.717) is 6.42 Å². The lowest BCUT2D eigenvalue weighted by Crippen LogP contribution is -2.11. The van der Waals surface area contributed by atoms with Crippen molar-refractivity contribution < 1.29 is 13.5 Å². The lowest BCUT2D eigenvalue weighted by atomic mass is 10.4. The van der Waals surface area contributed by atoms with Crippen LogP contribution in [0.4, 0.5) is 8.78 Å². The molecule has 0 amide bonds. The molecule has 1 rings (SSSR count). The van der Waals surface area contributed by atoms with Gasteiger partial charge in [0.05, 0.1) is 13.0 Å². The van der Waals surface area contributed by atoms with Crippen molar-refractivity contribution in [2.45, 2.75) is 12.5 Å². The SMILES string of the molecule is FC1(F)[CH]CCO1. The molecule has 0 aliphatic carbocycles. The fourth-order valence-electron chi connectivity index (χ4n) is 0.481. The van der Waals surface area contributed by atoms with Gasteiger partial charge < -0.3 is 4.74 Å². The normalized spacial score (nSPS) is 28.3. The summed E-state index contributed by atoms with van der Waals surface area (Å²) in [7, 11) is 0. The molecule has 1 aliphatic heterocycles. The summed E-state index contributed by atoms with van der Waals surface area (Å²) >= 11 is 0. The van der Waals surface area contributed by atoms with Crippen molar-refractivity contribution in [3.8, 4) is 0 Å². The molecule has 0 saturated carbocycles. The van der Waals surface area contributed by atoms with Crippen molar-refractivity contribution >= 4 is 0 Å². The van der Waals surface area contributed by atoms with Crippen LogP contribution in [0.25, 0.3) is 0 Å². The second kappa shape index (κ2) is 1.40. The van der Waals surface area contributed by atoms with Gasteiger partial charge in [-0.05, 0) is 6.42 Å². The molecule has 1 saturated heterocycles. The van der Waals surface area contributed by atoms with Crippen LogP contribution in [0, 0.1) is 6.42 Å². The van der Waals surface area contributed by atoms with Crippen molar-refractivity contribution in [3.05, 3.63) is 6.42 Å². The minimum absolute atomic E-state index is 0.160. The number of hydrogen-bond donors (Lipinski definition) is 0. The monoisotopic (exact) mass is 107 g/mol. The zero-order valence-electron chi connectivity index (χ0n) is 3.66. The van der Waals surface area contributed by atoms with Gasteiger partial charge in [0.15, 0.2) is 0 Å². The minimum Gasteiger partial charge on any atom is -0.320 e. The van der Waals surface area contributed by atoms with Crippen molar-refractivity contribution in [1.82, 2.24) is 0 Å². The fraction of sp³-hybridized carbons (Fsp3) is 0.750. The average molecular weight is 107 g/mol. The van der Waals surface area contributed by atoms with Crippen molar-refractivity contribution in [2.24, 2.45) is 0 Å². The molecule has 1 radical (unpaired) electrons. The van der Waals surface area contributed by atoms with Gasteiger partial charge in [0.1, 0.15) is 0 Å². The molecular weight excluding hydrogens is 102 g/mol. The van der Waals surface area contributed by atoms with Gasteiger partial charge in [0.2, 0.25) is 0 Å². The first-order valence-electron chi connectivity index (χ1n) is 2.07. The Morgan fingerprint density at radius 3 is 2.43 bits per heavy atom. The predicted octanol–water partition coefficient (Wildman–Crippen LogP) is 1.20. The van der Waals surface area contributed by atoms with Crippen LogP contribution in [-0.2, 0) is 4.74 Å². The topological polar surface area (TPSA) is 9.23 Å². The molecule has 1 heterocycles. The number of halogens is 2. The van der Waals surface area contributed by atoms with E-state index in [-0.39, 0.29) is 6.61 Å². The van der Waals surface area contributed by atoms with E-state index in [1.54, 1.807) is 0 Å². The standard InChI is InChI=1S/C4H5F2O/c5-4(6)2-1-3-7-4/h2H,1,3H2. The highest BCUT2D eigenvalue weighted by molar-refractivity contribution is 4.80. The Morgan fingerprint density at radius 2 is 2.29 bits per heavy atom. The van der Waals surface area contributed by atoms with Gasteiger partial charge in [-0.3, -0.25) is 0 Å². The van der Waals surface area contributed by atoms with Crippen LogP contribution in [0.1, 0.15) is 6.42 Å². The van der Waals surface area contributed by atoms with Gasteiger partial charge in [-0.2, -0.15) is 8.78 Å². The zero-order chi connectivity index (χ0) is 5.33. The second-order valence-electron chi connectivity index (χ2n) is 1.40. The molecule has 0 atom stereocenters. The molecule has 0 spiro atoms. The first kappa shape index (κ1) is 4.97. The predicted molar refractivity (Wildman–Crippen MR) is 19.8 cm³/mol. The van der Waals surface area contributed by atoms with E-state index in [9.17, 15) is 8.78 Å². The summed E-state index contributed by atoms with van der Waals surface area (Å²) in [6.07, 6.45) is -1.69. The molecule has 0 aromatic carbocycles. The van der Waals surface area contributed by atoms with Gasteiger partial charge >= 0.3 is 6.11 Å². The highest BCUT2D eigenvalue weighted by Gasteiger charge is 2.34. The van der Waals surface area contributed by atoms with Crippen LogP contribution in [0.3, 0.4) is 0 Å². The Hall–Kier alpha value is -0.180. The van der Waals surface area contributed by atoms with Crippen LogP contribution >= 0.6 is 0 Å². The van der Waals surface area contributed by atoms with E-state index < -0.39 is 6.11 Å². The molecule has 1 nitrogen and oxygen atoms in total. The molecule has 0 N–H and O–H groups in total. The quantitative estimate of drug-likeness (QED) is 0.452. The Balaban J connectivity index is 2.40. The van der Waals surface area contributed by atoms with E-state index in [0.717, 1.165) is 6.42 Å². The highest BCUT2D eigenvalue weighted by atomic mass is 19.3. The van der Waals surface area contributed by atoms with Gasteiger partial charge in [-0.15, -0.1) is 0 Å². The second-order valence-corrected chi connectivity index (χ2v) is 1.40. The van der Waals surface area contributed by atoms with Crippen LogP contribution in [0.15, 0.2) is 0 Å². The first-order chi connectivity index (χ1) is 3.21.